The molecular formula is C20H23NO4. The molecule has 1 heterocycles. The van der Waals surface area contributed by atoms with Crippen LogP contribution in [0.25, 0.3) is 0 Å². The molecule has 0 spiro atoms. The molecule has 0 aromatic heterocycles. The quantitative estimate of drug-likeness (QED) is 0.839. The highest BCUT2D eigenvalue weighted by atomic mass is 16.5. The highest BCUT2D eigenvalue weighted by Crippen LogP contribution is 2.25. The fraction of sp³-hybridized carbons (Fsp3) is 0.350. The molecule has 5 heteroatoms. The number of methoxy groups -OCH3 is 2. The van der Waals surface area contributed by atoms with Crippen LogP contribution < -0.4 is 9.47 Å². The second-order valence-corrected chi connectivity index (χ2v) is 6.02. The van der Waals surface area contributed by atoms with E-state index in [-0.39, 0.29) is 11.9 Å². The van der Waals surface area contributed by atoms with Gasteiger partial charge in [0, 0.05) is 18.2 Å². The molecule has 1 aliphatic heterocycles. The highest BCUT2D eigenvalue weighted by Gasteiger charge is 2.28. The molecule has 1 saturated heterocycles. The highest BCUT2D eigenvalue weighted by molar-refractivity contribution is 5.95. The summed E-state index contributed by atoms with van der Waals surface area (Å²) >= 11 is 0. The Kier molecular flexibility index (Phi) is 5.56. The van der Waals surface area contributed by atoms with Crippen molar-refractivity contribution < 1.29 is 19.0 Å². The molecule has 0 saturated carbocycles. The van der Waals surface area contributed by atoms with E-state index in [4.69, 9.17) is 14.2 Å². The lowest BCUT2D eigenvalue weighted by Gasteiger charge is -2.36. The predicted molar refractivity (Wildman–Crippen MR) is 95.3 cm³/mol. The number of rotatable bonds is 5. The summed E-state index contributed by atoms with van der Waals surface area (Å²) in [6, 6.07) is 15.4. The third-order valence-corrected chi connectivity index (χ3v) is 4.40. The van der Waals surface area contributed by atoms with Gasteiger partial charge in [-0.1, -0.05) is 30.3 Å². The lowest BCUT2D eigenvalue weighted by Crippen LogP contribution is -2.49. The van der Waals surface area contributed by atoms with Gasteiger partial charge in [-0.05, 0) is 24.1 Å². The van der Waals surface area contributed by atoms with Crippen LogP contribution in [-0.2, 0) is 11.2 Å². The lowest BCUT2D eigenvalue weighted by molar-refractivity contribution is -0.00166. The summed E-state index contributed by atoms with van der Waals surface area (Å²) in [7, 11) is 3.16. The Morgan fingerprint density at radius 2 is 1.80 bits per heavy atom. The first kappa shape index (κ1) is 17.3. The van der Waals surface area contributed by atoms with Crippen LogP contribution >= 0.6 is 0 Å². The molecule has 0 bridgehead atoms. The fourth-order valence-corrected chi connectivity index (χ4v) is 3.07. The summed E-state index contributed by atoms with van der Waals surface area (Å²) in [4.78, 5) is 15.0. The zero-order chi connectivity index (χ0) is 17.6. The van der Waals surface area contributed by atoms with E-state index in [1.165, 1.54) is 5.56 Å². The van der Waals surface area contributed by atoms with Crippen LogP contribution in [0.4, 0.5) is 0 Å². The van der Waals surface area contributed by atoms with Crippen LogP contribution in [0.2, 0.25) is 0 Å². The summed E-state index contributed by atoms with van der Waals surface area (Å²) in [6.45, 7) is 1.68. The van der Waals surface area contributed by atoms with Gasteiger partial charge in [0.1, 0.15) is 11.5 Å². The third kappa shape index (κ3) is 4.12. The van der Waals surface area contributed by atoms with E-state index in [2.05, 4.69) is 12.1 Å². The Morgan fingerprint density at radius 3 is 2.44 bits per heavy atom. The van der Waals surface area contributed by atoms with Gasteiger partial charge in [-0.3, -0.25) is 4.79 Å². The normalized spacial score (nSPS) is 17.2. The van der Waals surface area contributed by atoms with Crippen LogP contribution in [0.3, 0.4) is 0 Å². The first-order chi connectivity index (χ1) is 12.2. The molecule has 5 nitrogen and oxygen atoms in total. The number of ether oxygens (including phenoxy) is 3. The average Bonchev–Trinajstić information content (AvgIpc) is 2.68. The maximum atomic E-state index is 13.1. The van der Waals surface area contributed by atoms with Gasteiger partial charge in [0.05, 0.1) is 33.5 Å². The van der Waals surface area contributed by atoms with E-state index in [9.17, 15) is 4.79 Å². The van der Waals surface area contributed by atoms with Crippen molar-refractivity contribution in [2.75, 3.05) is 34.0 Å². The molecule has 0 radical (unpaired) electrons. The van der Waals surface area contributed by atoms with Gasteiger partial charge in [0.2, 0.25) is 0 Å². The number of benzene rings is 2. The van der Waals surface area contributed by atoms with Crippen LogP contribution in [0, 0.1) is 0 Å². The average molecular weight is 341 g/mol. The number of morpholine rings is 1. The molecule has 1 atom stereocenters. The van der Waals surface area contributed by atoms with Crippen molar-refractivity contribution in [3.05, 3.63) is 59.7 Å². The fourth-order valence-electron chi connectivity index (χ4n) is 3.07. The first-order valence-corrected chi connectivity index (χ1v) is 8.37. The van der Waals surface area contributed by atoms with E-state index in [1.807, 2.05) is 23.1 Å². The van der Waals surface area contributed by atoms with E-state index in [0.29, 0.717) is 36.8 Å². The summed E-state index contributed by atoms with van der Waals surface area (Å²) in [5, 5.41) is 0. The van der Waals surface area contributed by atoms with E-state index in [0.717, 1.165) is 6.42 Å². The summed E-state index contributed by atoms with van der Waals surface area (Å²) < 4.78 is 16.2. The summed E-state index contributed by atoms with van der Waals surface area (Å²) in [5.74, 6) is 1.19. The lowest BCUT2D eigenvalue weighted by atomic mass is 10.0. The van der Waals surface area contributed by atoms with Crippen molar-refractivity contribution in [1.29, 1.82) is 0 Å². The molecular weight excluding hydrogens is 318 g/mol. The molecule has 2 aromatic carbocycles. The number of hydrogen-bond acceptors (Lipinski definition) is 4. The molecule has 1 amide bonds. The standard InChI is InChI=1S/C20H23NO4/c1-23-18-11-16(12-19(13-18)24-2)20(22)21-8-9-25-14-17(21)10-15-6-4-3-5-7-15/h3-7,11-13,17H,8-10,14H2,1-2H3. The van der Waals surface area contributed by atoms with Gasteiger partial charge >= 0.3 is 0 Å². The van der Waals surface area contributed by atoms with Crippen molar-refractivity contribution in [2.45, 2.75) is 12.5 Å². The minimum Gasteiger partial charge on any atom is -0.497 e. The second kappa shape index (κ2) is 8.03. The number of carbonyl (C=O) groups excluding carboxylic acids is 1. The molecule has 132 valence electrons. The van der Waals surface area contributed by atoms with Gasteiger partial charge in [0.15, 0.2) is 0 Å². The predicted octanol–water partition coefficient (Wildman–Crippen LogP) is 2.79. The number of amides is 1. The largest absolute Gasteiger partial charge is 0.497 e. The molecule has 25 heavy (non-hydrogen) atoms. The van der Waals surface area contributed by atoms with Gasteiger partial charge in [-0.15, -0.1) is 0 Å². The Morgan fingerprint density at radius 1 is 1.12 bits per heavy atom. The van der Waals surface area contributed by atoms with Crippen LogP contribution in [-0.4, -0.2) is 50.8 Å². The van der Waals surface area contributed by atoms with E-state index in [1.54, 1.807) is 32.4 Å². The number of nitrogens with zero attached hydrogens (tertiary/aromatic N) is 1. The zero-order valence-corrected chi connectivity index (χ0v) is 14.6. The summed E-state index contributed by atoms with van der Waals surface area (Å²) in [6.07, 6.45) is 0.772. The van der Waals surface area contributed by atoms with Crippen molar-refractivity contribution in [2.24, 2.45) is 0 Å². The second-order valence-electron chi connectivity index (χ2n) is 6.02. The Hall–Kier alpha value is -2.53. The smallest absolute Gasteiger partial charge is 0.254 e. The van der Waals surface area contributed by atoms with Crippen molar-refractivity contribution in [3.8, 4) is 11.5 Å². The van der Waals surface area contributed by atoms with Gasteiger partial charge in [-0.25, -0.2) is 0 Å². The molecule has 0 N–H and O–H groups in total. The summed E-state index contributed by atoms with van der Waals surface area (Å²) in [5.41, 5.74) is 1.76. The van der Waals surface area contributed by atoms with Crippen LogP contribution in [0.5, 0.6) is 11.5 Å². The molecule has 3 rings (SSSR count). The van der Waals surface area contributed by atoms with Crippen molar-refractivity contribution in [1.82, 2.24) is 4.90 Å². The Bertz CT molecular complexity index is 695. The molecule has 1 unspecified atom stereocenters. The molecule has 1 aliphatic rings. The molecule has 1 fully saturated rings. The Balaban J connectivity index is 1.83. The van der Waals surface area contributed by atoms with Crippen LogP contribution in [0.15, 0.2) is 48.5 Å². The van der Waals surface area contributed by atoms with Crippen LogP contribution in [0.1, 0.15) is 15.9 Å². The monoisotopic (exact) mass is 341 g/mol. The number of hydrogen-bond donors (Lipinski definition) is 0. The van der Waals surface area contributed by atoms with Crippen molar-refractivity contribution in [3.63, 3.8) is 0 Å². The van der Waals surface area contributed by atoms with E-state index < -0.39 is 0 Å². The minimum absolute atomic E-state index is 0.0147. The zero-order valence-electron chi connectivity index (χ0n) is 14.6. The third-order valence-electron chi connectivity index (χ3n) is 4.40. The maximum absolute atomic E-state index is 13.1. The Labute approximate surface area is 148 Å². The maximum Gasteiger partial charge on any atom is 0.254 e. The van der Waals surface area contributed by atoms with Gasteiger partial charge in [-0.2, -0.15) is 0 Å². The minimum atomic E-state index is -0.0265. The SMILES string of the molecule is COc1cc(OC)cc(C(=O)N2CCOCC2Cc2ccccc2)c1. The van der Waals surface area contributed by atoms with E-state index >= 15 is 0 Å². The van der Waals surface area contributed by atoms with Crippen molar-refractivity contribution >= 4 is 5.91 Å². The topological polar surface area (TPSA) is 48.0 Å². The molecule has 2 aromatic rings. The number of carbonyl (C=O) groups is 1. The first-order valence-electron chi connectivity index (χ1n) is 8.37. The van der Waals surface area contributed by atoms with Gasteiger partial charge < -0.3 is 19.1 Å². The van der Waals surface area contributed by atoms with Gasteiger partial charge in [0.25, 0.3) is 5.91 Å². The molecule has 0 aliphatic carbocycles.